The number of rotatable bonds is 4. The van der Waals surface area contributed by atoms with Crippen molar-refractivity contribution in [2.75, 3.05) is 19.0 Å². The maximum atomic E-state index is 12.3. The van der Waals surface area contributed by atoms with Gasteiger partial charge in [-0.05, 0) is 40.6 Å². The summed E-state index contributed by atoms with van der Waals surface area (Å²) in [5.74, 6) is 0.0208. The van der Waals surface area contributed by atoms with Crippen molar-refractivity contribution < 1.29 is 4.79 Å². The molecule has 3 rings (SSSR count). The van der Waals surface area contributed by atoms with Crippen molar-refractivity contribution in [3.63, 3.8) is 0 Å². The zero-order valence-corrected chi connectivity index (χ0v) is 13.4. The fourth-order valence-corrected chi connectivity index (χ4v) is 2.49. The monoisotopic (exact) mass is 301 g/mol. The predicted molar refractivity (Wildman–Crippen MR) is 98.1 cm³/mol. The van der Waals surface area contributed by atoms with Crippen LogP contribution in [0.25, 0.3) is 16.8 Å². The molecule has 0 radical (unpaired) electrons. The molecule has 0 aromatic heterocycles. The summed E-state index contributed by atoms with van der Waals surface area (Å²) in [6.45, 7) is 0. The van der Waals surface area contributed by atoms with E-state index in [0.29, 0.717) is 5.56 Å². The van der Waals surface area contributed by atoms with Crippen molar-refractivity contribution in [1.82, 2.24) is 0 Å². The molecule has 0 unspecified atom stereocenters. The first-order chi connectivity index (χ1) is 11.1. The Kier molecular flexibility index (Phi) is 4.24. The molecular formula is C21H19NO. The third-order valence-corrected chi connectivity index (χ3v) is 3.87. The van der Waals surface area contributed by atoms with Crippen LogP contribution in [0.2, 0.25) is 0 Å². The SMILES string of the molecule is CN(C)c1ccc(/C=C/C(=O)c2ccc3ccccc3c2)cc1. The van der Waals surface area contributed by atoms with Crippen LogP contribution in [0.5, 0.6) is 0 Å². The average Bonchev–Trinajstić information content (AvgIpc) is 2.59. The second-order valence-corrected chi connectivity index (χ2v) is 5.75. The van der Waals surface area contributed by atoms with Gasteiger partial charge in [0.05, 0.1) is 0 Å². The first-order valence-corrected chi connectivity index (χ1v) is 7.62. The average molecular weight is 301 g/mol. The van der Waals surface area contributed by atoms with Crippen LogP contribution in [0.1, 0.15) is 15.9 Å². The standard InChI is InChI=1S/C21H19NO/c1-22(2)20-12-7-16(8-13-20)9-14-21(23)19-11-10-17-5-3-4-6-18(17)15-19/h3-15H,1-2H3/b14-9+. The zero-order valence-electron chi connectivity index (χ0n) is 13.4. The number of benzene rings is 3. The highest BCUT2D eigenvalue weighted by Crippen LogP contribution is 2.17. The lowest BCUT2D eigenvalue weighted by molar-refractivity contribution is 0.104. The van der Waals surface area contributed by atoms with E-state index in [1.165, 1.54) is 0 Å². The minimum Gasteiger partial charge on any atom is -0.378 e. The molecule has 0 aliphatic heterocycles. The van der Waals surface area contributed by atoms with Crippen LogP contribution in [0.15, 0.2) is 72.8 Å². The molecule has 3 aromatic rings. The summed E-state index contributed by atoms with van der Waals surface area (Å²) in [5.41, 5.74) is 2.87. The van der Waals surface area contributed by atoms with E-state index in [0.717, 1.165) is 22.0 Å². The van der Waals surface area contributed by atoms with Crippen LogP contribution in [0.3, 0.4) is 0 Å². The lowest BCUT2D eigenvalue weighted by Gasteiger charge is -2.11. The van der Waals surface area contributed by atoms with E-state index in [-0.39, 0.29) is 5.78 Å². The van der Waals surface area contributed by atoms with Crippen LogP contribution in [0.4, 0.5) is 5.69 Å². The lowest BCUT2D eigenvalue weighted by atomic mass is 10.0. The second-order valence-electron chi connectivity index (χ2n) is 5.75. The summed E-state index contributed by atoms with van der Waals surface area (Å²) in [5, 5.41) is 2.23. The van der Waals surface area contributed by atoms with Gasteiger partial charge >= 0.3 is 0 Å². The fraction of sp³-hybridized carbons (Fsp3) is 0.0952. The van der Waals surface area contributed by atoms with Gasteiger partial charge in [0, 0.05) is 25.3 Å². The van der Waals surface area contributed by atoms with Crippen molar-refractivity contribution in [2.45, 2.75) is 0 Å². The summed E-state index contributed by atoms with van der Waals surface area (Å²) in [6.07, 6.45) is 3.49. The minimum atomic E-state index is 0.0208. The highest BCUT2D eigenvalue weighted by atomic mass is 16.1. The molecule has 114 valence electrons. The summed E-state index contributed by atoms with van der Waals surface area (Å²) in [7, 11) is 4.02. The van der Waals surface area contributed by atoms with Gasteiger partial charge in [-0.1, -0.05) is 54.6 Å². The second kappa shape index (κ2) is 6.49. The van der Waals surface area contributed by atoms with E-state index >= 15 is 0 Å². The number of hydrogen-bond donors (Lipinski definition) is 0. The van der Waals surface area contributed by atoms with Crippen molar-refractivity contribution in [3.05, 3.63) is 83.9 Å². The topological polar surface area (TPSA) is 20.3 Å². The Hall–Kier alpha value is -2.87. The van der Waals surface area contributed by atoms with Gasteiger partial charge in [0.15, 0.2) is 5.78 Å². The fourth-order valence-electron chi connectivity index (χ4n) is 2.49. The molecule has 0 aliphatic carbocycles. The Balaban J connectivity index is 1.79. The molecular weight excluding hydrogens is 282 g/mol. The number of anilines is 1. The first-order valence-electron chi connectivity index (χ1n) is 7.62. The van der Waals surface area contributed by atoms with Crippen LogP contribution < -0.4 is 4.90 Å². The van der Waals surface area contributed by atoms with Crippen LogP contribution in [0, 0.1) is 0 Å². The Labute approximate surface area is 136 Å². The van der Waals surface area contributed by atoms with Crippen molar-refractivity contribution in [3.8, 4) is 0 Å². The number of fused-ring (bicyclic) bond motifs is 1. The van der Waals surface area contributed by atoms with E-state index in [9.17, 15) is 4.79 Å². The summed E-state index contributed by atoms with van der Waals surface area (Å²) in [6, 6.07) is 22.0. The quantitative estimate of drug-likeness (QED) is 0.509. The van der Waals surface area contributed by atoms with E-state index in [4.69, 9.17) is 0 Å². The van der Waals surface area contributed by atoms with E-state index in [1.54, 1.807) is 6.08 Å². The largest absolute Gasteiger partial charge is 0.378 e. The Morgan fingerprint density at radius 1 is 0.870 bits per heavy atom. The molecule has 0 bridgehead atoms. The van der Waals surface area contributed by atoms with E-state index < -0.39 is 0 Å². The molecule has 2 nitrogen and oxygen atoms in total. The van der Waals surface area contributed by atoms with Crippen LogP contribution in [-0.2, 0) is 0 Å². The minimum absolute atomic E-state index is 0.0208. The first kappa shape index (κ1) is 15.0. The smallest absolute Gasteiger partial charge is 0.185 e. The molecule has 0 aliphatic rings. The van der Waals surface area contributed by atoms with Crippen molar-refractivity contribution in [2.24, 2.45) is 0 Å². The molecule has 23 heavy (non-hydrogen) atoms. The van der Waals surface area contributed by atoms with Gasteiger partial charge in [0.1, 0.15) is 0 Å². The number of carbonyl (C=O) groups is 1. The van der Waals surface area contributed by atoms with Crippen LogP contribution in [-0.4, -0.2) is 19.9 Å². The summed E-state index contributed by atoms with van der Waals surface area (Å²) >= 11 is 0. The molecule has 0 heterocycles. The van der Waals surface area contributed by atoms with Gasteiger partial charge in [0.25, 0.3) is 0 Å². The predicted octanol–water partition coefficient (Wildman–Crippen LogP) is 4.80. The van der Waals surface area contributed by atoms with Gasteiger partial charge in [-0.2, -0.15) is 0 Å². The van der Waals surface area contributed by atoms with E-state index in [1.807, 2.05) is 91.8 Å². The summed E-state index contributed by atoms with van der Waals surface area (Å²) < 4.78 is 0. The molecule has 0 amide bonds. The molecule has 0 saturated heterocycles. The third-order valence-electron chi connectivity index (χ3n) is 3.87. The van der Waals surface area contributed by atoms with Gasteiger partial charge in [-0.25, -0.2) is 0 Å². The number of nitrogens with zero attached hydrogens (tertiary/aromatic N) is 1. The van der Waals surface area contributed by atoms with E-state index in [2.05, 4.69) is 0 Å². The van der Waals surface area contributed by atoms with Gasteiger partial charge in [-0.15, -0.1) is 0 Å². The van der Waals surface area contributed by atoms with Gasteiger partial charge in [-0.3, -0.25) is 4.79 Å². The number of carbonyl (C=O) groups excluding carboxylic acids is 1. The van der Waals surface area contributed by atoms with Crippen LogP contribution >= 0.6 is 0 Å². The third kappa shape index (κ3) is 3.49. The van der Waals surface area contributed by atoms with Gasteiger partial charge in [0.2, 0.25) is 0 Å². The number of hydrogen-bond acceptors (Lipinski definition) is 2. The highest BCUT2D eigenvalue weighted by molar-refractivity contribution is 6.08. The molecule has 3 aromatic carbocycles. The molecule has 0 saturated carbocycles. The maximum Gasteiger partial charge on any atom is 0.185 e. The zero-order chi connectivity index (χ0) is 16.2. The lowest BCUT2D eigenvalue weighted by Crippen LogP contribution is -2.07. The van der Waals surface area contributed by atoms with Gasteiger partial charge < -0.3 is 4.90 Å². The normalized spacial score (nSPS) is 11.0. The Bertz CT molecular complexity index is 860. The molecule has 0 spiro atoms. The summed E-state index contributed by atoms with van der Waals surface area (Å²) in [4.78, 5) is 14.4. The van der Waals surface area contributed by atoms with Crippen molar-refractivity contribution >= 4 is 28.3 Å². The number of allylic oxidation sites excluding steroid dienone is 1. The molecule has 2 heteroatoms. The maximum absolute atomic E-state index is 12.3. The van der Waals surface area contributed by atoms with Crippen molar-refractivity contribution in [1.29, 1.82) is 0 Å². The Morgan fingerprint density at radius 3 is 2.26 bits per heavy atom. The number of ketones is 1. The Morgan fingerprint density at radius 2 is 1.57 bits per heavy atom. The molecule has 0 atom stereocenters. The highest BCUT2D eigenvalue weighted by Gasteiger charge is 2.03. The molecule has 0 N–H and O–H groups in total. The molecule has 0 fully saturated rings.